The molecule has 0 aromatic carbocycles. The third-order valence-electron chi connectivity index (χ3n) is 3.01. The van der Waals surface area contributed by atoms with E-state index in [0.717, 1.165) is 19.4 Å². The van der Waals surface area contributed by atoms with Crippen LogP contribution in [0.3, 0.4) is 0 Å². The van der Waals surface area contributed by atoms with E-state index >= 15 is 0 Å². The zero-order valence-electron chi connectivity index (χ0n) is 9.91. The van der Waals surface area contributed by atoms with Crippen molar-refractivity contribution in [3.8, 4) is 0 Å². The first kappa shape index (κ1) is 11.0. The highest BCUT2D eigenvalue weighted by atomic mass is 16.5. The van der Waals surface area contributed by atoms with E-state index in [1.54, 1.807) is 13.0 Å². The Morgan fingerprint density at radius 3 is 2.88 bits per heavy atom. The SMILES string of the molecule is Cc1cc(NC(=O)N2CCCC2(C)C)no1. The molecule has 0 atom stereocenters. The first-order valence-corrected chi connectivity index (χ1v) is 5.51. The van der Waals surface area contributed by atoms with Crippen molar-refractivity contribution in [2.24, 2.45) is 0 Å². The Kier molecular flexibility index (Phi) is 2.61. The number of aryl methyl sites for hydroxylation is 1. The number of likely N-dealkylation sites (tertiary alicyclic amines) is 1. The average Bonchev–Trinajstić information content (AvgIpc) is 2.72. The average molecular weight is 223 g/mol. The molecule has 0 radical (unpaired) electrons. The highest BCUT2D eigenvalue weighted by molar-refractivity contribution is 5.89. The second-order valence-corrected chi connectivity index (χ2v) is 4.82. The summed E-state index contributed by atoms with van der Waals surface area (Å²) in [6.07, 6.45) is 2.09. The summed E-state index contributed by atoms with van der Waals surface area (Å²) in [5.41, 5.74) is -0.0666. The molecule has 1 aromatic rings. The summed E-state index contributed by atoms with van der Waals surface area (Å²) in [6, 6.07) is 1.61. The summed E-state index contributed by atoms with van der Waals surface area (Å²) in [6.45, 7) is 6.75. The number of carbonyl (C=O) groups excluding carboxylic acids is 1. The molecule has 16 heavy (non-hydrogen) atoms. The lowest BCUT2D eigenvalue weighted by molar-refractivity contribution is 0.178. The monoisotopic (exact) mass is 223 g/mol. The van der Waals surface area contributed by atoms with Crippen molar-refractivity contribution in [3.63, 3.8) is 0 Å². The van der Waals surface area contributed by atoms with E-state index in [0.29, 0.717) is 11.6 Å². The third kappa shape index (κ3) is 2.03. The fourth-order valence-electron chi connectivity index (χ4n) is 2.09. The maximum atomic E-state index is 12.0. The van der Waals surface area contributed by atoms with Crippen molar-refractivity contribution < 1.29 is 9.32 Å². The van der Waals surface area contributed by atoms with Gasteiger partial charge in [0, 0.05) is 18.2 Å². The van der Waals surface area contributed by atoms with Crippen molar-refractivity contribution in [1.29, 1.82) is 0 Å². The molecule has 88 valence electrons. The minimum Gasteiger partial charge on any atom is -0.360 e. The van der Waals surface area contributed by atoms with Gasteiger partial charge in [-0.15, -0.1) is 0 Å². The number of hydrogen-bond acceptors (Lipinski definition) is 3. The minimum absolute atomic E-state index is 0.0666. The van der Waals surface area contributed by atoms with E-state index < -0.39 is 0 Å². The van der Waals surface area contributed by atoms with Gasteiger partial charge in [-0.25, -0.2) is 4.79 Å². The highest BCUT2D eigenvalue weighted by Gasteiger charge is 2.35. The van der Waals surface area contributed by atoms with E-state index in [9.17, 15) is 4.79 Å². The summed E-state index contributed by atoms with van der Waals surface area (Å²) >= 11 is 0. The summed E-state index contributed by atoms with van der Waals surface area (Å²) in [5, 5.41) is 6.48. The Bertz CT molecular complexity index is 398. The molecule has 5 nitrogen and oxygen atoms in total. The van der Waals surface area contributed by atoms with Gasteiger partial charge in [-0.05, 0) is 33.6 Å². The van der Waals surface area contributed by atoms with Crippen LogP contribution in [0.15, 0.2) is 10.6 Å². The largest absolute Gasteiger partial charge is 0.360 e. The van der Waals surface area contributed by atoms with Crippen molar-refractivity contribution in [1.82, 2.24) is 10.1 Å². The van der Waals surface area contributed by atoms with Crippen LogP contribution in [0.25, 0.3) is 0 Å². The first-order chi connectivity index (χ1) is 7.49. The lowest BCUT2D eigenvalue weighted by Crippen LogP contribution is -2.45. The van der Waals surface area contributed by atoms with E-state index in [2.05, 4.69) is 24.3 Å². The van der Waals surface area contributed by atoms with Gasteiger partial charge in [0.05, 0.1) is 0 Å². The van der Waals surface area contributed by atoms with E-state index in [4.69, 9.17) is 4.52 Å². The number of nitrogens with one attached hydrogen (secondary N) is 1. The van der Waals surface area contributed by atoms with Crippen LogP contribution in [-0.2, 0) is 0 Å². The molecule has 0 aliphatic carbocycles. The molecule has 0 saturated carbocycles. The Balaban J connectivity index is 2.03. The molecule has 0 spiro atoms. The molecule has 2 amide bonds. The number of amides is 2. The van der Waals surface area contributed by atoms with Gasteiger partial charge in [0.1, 0.15) is 5.76 Å². The van der Waals surface area contributed by atoms with Crippen LogP contribution < -0.4 is 5.32 Å². The van der Waals surface area contributed by atoms with E-state index in [1.165, 1.54) is 0 Å². The molecule has 2 heterocycles. The lowest BCUT2D eigenvalue weighted by Gasteiger charge is -2.31. The van der Waals surface area contributed by atoms with Crippen LogP contribution in [0.2, 0.25) is 0 Å². The summed E-state index contributed by atoms with van der Waals surface area (Å²) in [5.74, 6) is 1.17. The molecule has 1 fully saturated rings. The molecule has 0 unspecified atom stereocenters. The third-order valence-corrected chi connectivity index (χ3v) is 3.01. The van der Waals surface area contributed by atoms with Crippen LogP contribution in [0.1, 0.15) is 32.4 Å². The standard InChI is InChI=1S/C11H17N3O2/c1-8-7-9(13-16-8)12-10(15)14-6-4-5-11(14,2)3/h7H,4-6H2,1-3H3,(H,12,13,15). The molecule has 1 aliphatic rings. The maximum absolute atomic E-state index is 12.0. The normalized spacial score (nSPS) is 18.8. The van der Waals surface area contributed by atoms with Crippen molar-refractivity contribution in [2.45, 2.75) is 39.2 Å². The Hall–Kier alpha value is -1.52. The van der Waals surface area contributed by atoms with Crippen LogP contribution >= 0.6 is 0 Å². The van der Waals surface area contributed by atoms with Crippen LogP contribution in [0.5, 0.6) is 0 Å². The Labute approximate surface area is 94.8 Å². The lowest BCUT2D eigenvalue weighted by atomic mass is 10.0. The predicted octanol–water partition coefficient (Wildman–Crippen LogP) is 2.39. The molecule has 2 rings (SSSR count). The molecule has 1 aromatic heterocycles. The summed E-state index contributed by atoms with van der Waals surface area (Å²) < 4.78 is 4.90. The minimum atomic E-state index is -0.101. The number of aromatic nitrogens is 1. The molecule has 1 saturated heterocycles. The molecule has 1 aliphatic heterocycles. The fraction of sp³-hybridized carbons (Fsp3) is 0.636. The van der Waals surface area contributed by atoms with Crippen molar-refractivity contribution >= 4 is 11.8 Å². The second kappa shape index (κ2) is 3.81. The number of carbonyl (C=O) groups is 1. The van der Waals surface area contributed by atoms with Crippen molar-refractivity contribution in [2.75, 3.05) is 11.9 Å². The Morgan fingerprint density at radius 1 is 1.62 bits per heavy atom. The van der Waals surface area contributed by atoms with Gasteiger partial charge >= 0.3 is 6.03 Å². The van der Waals surface area contributed by atoms with E-state index in [-0.39, 0.29) is 11.6 Å². The summed E-state index contributed by atoms with van der Waals surface area (Å²) in [7, 11) is 0. The first-order valence-electron chi connectivity index (χ1n) is 5.51. The van der Waals surface area contributed by atoms with Gasteiger partial charge in [0.25, 0.3) is 0 Å². The quantitative estimate of drug-likeness (QED) is 0.795. The van der Waals surface area contributed by atoms with Gasteiger partial charge in [-0.2, -0.15) is 0 Å². The number of hydrogen-bond donors (Lipinski definition) is 1. The van der Waals surface area contributed by atoms with Gasteiger partial charge in [0.15, 0.2) is 5.82 Å². The topological polar surface area (TPSA) is 58.4 Å². The van der Waals surface area contributed by atoms with Gasteiger partial charge in [-0.3, -0.25) is 5.32 Å². The fourth-order valence-corrected chi connectivity index (χ4v) is 2.09. The van der Waals surface area contributed by atoms with Crippen molar-refractivity contribution in [3.05, 3.63) is 11.8 Å². The van der Waals surface area contributed by atoms with E-state index in [1.807, 2.05) is 4.90 Å². The smallest absolute Gasteiger partial charge is 0.323 e. The predicted molar refractivity (Wildman–Crippen MR) is 60.3 cm³/mol. The Morgan fingerprint density at radius 2 is 2.38 bits per heavy atom. The zero-order chi connectivity index (χ0) is 11.8. The molecular weight excluding hydrogens is 206 g/mol. The molecular formula is C11H17N3O2. The van der Waals surface area contributed by atoms with Gasteiger partial charge < -0.3 is 9.42 Å². The van der Waals surface area contributed by atoms with Gasteiger partial charge in [-0.1, -0.05) is 5.16 Å². The highest BCUT2D eigenvalue weighted by Crippen LogP contribution is 2.28. The number of urea groups is 1. The number of nitrogens with zero attached hydrogens (tertiary/aromatic N) is 2. The molecule has 0 bridgehead atoms. The maximum Gasteiger partial charge on any atom is 0.323 e. The van der Waals surface area contributed by atoms with Gasteiger partial charge in [0.2, 0.25) is 0 Å². The second-order valence-electron chi connectivity index (χ2n) is 4.82. The molecule has 1 N–H and O–H groups in total. The zero-order valence-corrected chi connectivity index (χ0v) is 9.91. The van der Waals surface area contributed by atoms with Crippen LogP contribution in [0, 0.1) is 6.92 Å². The number of rotatable bonds is 1. The summed E-state index contributed by atoms with van der Waals surface area (Å²) in [4.78, 5) is 13.8. The van der Waals surface area contributed by atoms with Crippen LogP contribution in [0.4, 0.5) is 10.6 Å². The molecule has 5 heteroatoms. The number of anilines is 1. The van der Waals surface area contributed by atoms with Crippen LogP contribution in [-0.4, -0.2) is 28.2 Å².